The van der Waals surface area contributed by atoms with E-state index in [-0.39, 0.29) is 0 Å². The van der Waals surface area contributed by atoms with Gasteiger partial charge in [-0.2, -0.15) is 0 Å². The first-order valence-electron chi connectivity index (χ1n) is 5.55. The normalized spacial score (nSPS) is 10.6. The molecule has 0 radical (unpaired) electrons. The molecule has 2 rings (SSSR count). The van der Waals surface area contributed by atoms with Crippen LogP contribution in [0.2, 0.25) is 0 Å². The maximum Gasteiger partial charge on any atom is 0.172 e. The zero-order valence-corrected chi connectivity index (χ0v) is 10.5. The van der Waals surface area contributed by atoms with E-state index in [0.29, 0.717) is 0 Å². The van der Waals surface area contributed by atoms with Crippen molar-refractivity contribution in [3.05, 3.63) is 42.2 Å². The minimum absolute atomic E-state index is 1.08. The maximum absolute atomic E-state index is 4.40. The van der Waals surface area contributed by atoms with E-state index in [4.69, 9.17) is 0 Å². The van der Waals surface area contributed by atoms with E-state index in [1.807, 2.05) is 24.2 Å². The molecular weight excluding hydrogens is 216 g/mol. The Labute approximate surface area is 101 Å². The Bertz CT molecular complexity index is 462. The van der Waals surface area contributed by atoms with Crippen LogP contribution in [0.1, 0.15) is 18.9 Å². The van der Waals surface area contributed by atoms with E-state index in [0.717, 1.165) is 10.9 Å². The lowest BCUT2D eigenvalue weighted by molar-refractivity contribution is 0.886. The van der Waals surface area contributed by atoms with Crippen molar-refractivity contribution in [2.24, 2.45) is 0 Å². The van der Waals surface area contributed by atoms with E-state index in [1.54, 1.807) is 0 Å². The number of thioether (sulfide) groups is 1. The van der Waals surface area contributed by atoms with E-state index < -0.39 is 0 Å². The van der Waals surface area contributed by atoms with Gasteiger partial charge in [-0.1, -0.05) is 36.9 Å². The van der Waals surface area contributed by atoms with Gasteiger partial charge in [-0.3, -0.25) is 4.57 Å². The van der Waals surface area contributed by atoms with Gasteiger partial charge in [0.25, 0.3) is 0 Å². The molecule has 0 saturated carbocycles. The fourth-order valence-electron chi connectivity index (χ4n) is 1.61. The molecule has 3 heteroatoms. The van der Waals surface area contributed by atoms with Gasteiger partial charge in [-0.15, -0.1) is 0 Å². The molecule has 0 unspecified atom stereocenters. The molecule has 0 N–H and O–H groups in total. The summed E-state index contributed by atoms with van der Waals surface area (Å²) in [6.07, 6.45) is 5.07. The Balaban J connectivity index is 2.33. The monoisotopic (exact) mass is 232 g/mol. The number of hydrogen-bond donors (Lipinski definition) is 0. The van der Waals surface area contributed by atoms with Crippen LogP contribution >= 0.6 is 11.8 Å². The van der Waals surface area contributed by atoms with Gasteiger partial charge < -0.3 is 0 Å². The highest BCUT2D eigenvalue weighted by molar-refractivity contribution is 7.99. The zero-order valence-electron chi connectivity index (χ0n) is 9.68. The Morgan fingerprint density at radius 2 is 2.12 bits per heavy atom. The van der Waals surface area contributed by atoms with Crippen molar-refractivity contribution >= 4 is 11.8 Å². The van der Waals surface area contributed by atoms with Crippen molar-refractivity contribution in [1.29, 1.82) is 0 Å². The molecule has 0 atom stereocenters. The molecule has 2 aromatic rings. The van der Waals surface area contributed by atoms with Crippen LogP contribution in [0.5, 0.6) is 0 Å². The number of aryl methyl sites for hydroxylation is 1. The van der Waals surface area contributed by atoms with Crippen molar-refractivity contribution in [3.63, 3.8) is 0 Å². The molecule has 0 saturated heterocycles. The summed E-state index contributed by atoms with van der Waals surface area (Å²) >= 11 is 1.81. The molecular formula is C13H16N2S. The second kappa shape index (κ2) is 5.21. The van der Waals surface area contributed by atoms with E-state index >= 15 is 0 Å². The number of imidazole rings is 1. The van der Waals surface area contributed by atoms with Crippen molar-refractivity contribution in [2.45, 2.75) is 25.4 Å². The minimum atomic E-state index is 1.08. The molecule has 0 amide bonds. The second-order valence-electron chi connectivity index (χ2n) is 3.71. The van der Waals surface area contributed by atoms with Gasteiger partial charge >= 0.3 is 0 Å². The SMILES string of the molecule is CCCSc1nccn1-c1ccccc1C. The number of benzene rings is 1. The third-order valence-electron chi connectivity index (χ3n) is 2.42. The van der Waals surface area contributed by atoms with E-state index in [2.05, 4.69) is 47.7 Å². The van der Waals surface area contributed by atoms with Crippen molar-refractivity contribution in [1.82, 2.24) is 9.55 Å². The number of hydrogen-bond acceptors (Lipinski definition) is 2. The van der Waals surface area contributed by atoms with Gasteiger partial charge in [0.1, 0.15) is 0 Å². The zero-order chi connectivity index (χ0) is 11.4. The van der Waals surface area contributed by atoms with E-state index in [9.17, 15) is 0 Å². The molecule has 0 fully saturated rings. The largest absolute Gasteiger partial charge is 0.295 e. The van der Waals surface area contributed by atoms with Gasteiger partial charge in [0.2, 0.25) is 0 Å². The molecule has 1 heterocycles. The fourth-order valence-corrected chi connectivity index (χ4v) is 2.43. The first-order chi connectivity index (χ1) is 7.83. The average Bonchev–Trinajstić information content (AvgIpc) is 2.75. The molecule has 16 heavy (non-hydrogen) atoms. The summed E-state index contributed by atoms with van der Waals surface area (Å²) in [6, 6.07) is 8.39. The Kier molecular flexibility index (Phi) is 3.67. The Morgan fingerprint density at radius 3 is 2.88 bits per heavy atom. The molecule has 0 aliphatic carbocycles. The first-order valence-corrected chi connectivity index (χ1v) is 6.53. The predicted molar refractivity (Wildman–Crippen MR) is 69.3 cm³/mol. The Morgan fingerprint density at radius 1 is 1.31 bits per heavy atom. The standard InChI is InChI=1S/C13H16N2S/c1-3-10-16-13-14-8-9-15(13)12-7-5-4-6-11(12)2/h4-9H,3,10H2,1-2H3. The molecule has 0 aliphatic rings. The smallest absolute Gasteiger partial charge is 0.172 e. The minimum Gasteiger partial charge on any atom is -0.295 e. The van der Waals surface area contributed by atoms with Crippen LogP contribution in [-0.4, -0.2) is 15.3 Å². The number of rotatable bonds is 4. The molecule has 0 spiro atoms. The molecule has 1 aromatic heterocycles. The lowest BCUT2D eigenvalue weighted by atomic mass is 10.2. The summed E-state index contributed by atoms with van der Waals surface area (Å²) in [5, 5.41) is 1.08. The van der Waals surface area contributed by atoms with Gasteiger partial charge in [-0.25, -0.2) is 4.98 Å². The van der Waals surface area contributed by atoms with Crippen molar-refractivity contribution in [3.8, 4) is 5.69 Å². The molecule has 1 aromatic carbocycles. The lowest BCUT2D eigenvalue weighted by Gasteiger charge is -2.09. The van der Waals surface area contributed by atoms with Crippen LogP contribution in [0.3, 0.4) is 0 Å². The molecule has 84 valence electrons. The summed E-state index contributed by atoms with van der Waals surface area (Å²) in [4.78, 5) is 4.40. The topological polar surface area (TPSA) is 17.8 Å². The van der Waals surface area contributed by atoms with Crippen LogP contribution in [0.25, 0.3) is 5.69 Å². The van der Waals surface area contributed by atoms with Crippen LogP contribution in [0, 0.1) is 6.92 Å². The summed E-state index contributed by atoms with van der Waals surface area (Å²) in [6.45, 7) is 4.32. The number of para-hydroxylation sites is 1. The highest BCUT2D eigenvalue weighted by Gasteiger charge is 2.06. The maximum atomic E-state index is 4.40. The summed E-state index contributed by atoms with van der Waals surface area (Å²) in [7, 11) is 0. The van der Waals surface area contributed by atoms with Crippen molar-refractivity contribution < 1.29 is 0 Å². The third-order valence-corrected chi connectivity index (χ3v) is 3.59. The predicted octanol–water partition coefficient (Wildman–Crippen LogP) is 3.68. The van der Waals surface area contributed by atoms with Crippen LogP contribution < -0.4 is 0 Å². The molecule has 2 nitrogen and oxygen atoms in total. The van der Waals surface area contributed by atoms with Crippen LogP contribution in [0.15, 0.2) is 41.8 Å². The van der Waals surface area contributed by atoms with Gasteiger partial charge in [-0.05, 0) is 25.0 Å². The Hall–Kier alpha value is -1.22. The highest BCUT2D eigenvalue weighted by Crippen LogP contribution is 2.22. The van der Waals surface area contributed by atoms with Gasteiger partial charge in [0.15, 0.2) is 5.16 Å². The molecule has 0 bridgehead atoms. The second-order valence-corrected chi connectivity index (χ2v) is 4.78. The van der Waals surface area contributed by atoms with Crippen molar-refractivity contribution in [2.75, 3.05) is 5.75 Å². The average molecular weight is 232 g/mol. The van der Waals surface area contributed by atoms with Crippen LogP contribution in [0.4, 0.5) is 0 Å². The highest BCUT2D eigenvalue weighted by atomic mass is 32.2. The fraction of sp³-hybridized carbons (Fsp3) is 0.308. The lowest BCUT2D eigenvalue weighted by Crippen LogP contribution is -1.97. The number of nitrogens with zero attached hydrogens (tertiary/aromatic N) is 2. The first kappa shape index (κ1) is 11.3. The summed E-state index contributed by atoms with van der Waals surface area (Å²) in [5.41, 5.74) is 2.50. The van der Waals surface area contributed by atoms with E-state index in [1.165, 1.54) is 17.7 Å². The van der Waals surface area contributed by atoms with Gasteiger partial charge in [0, 0.05) is 18.1 Å². The van der Waals surface area contributed by atoms with Gasteiger partial charge in [0.05, 0.1) is 5.69 Å². The summed E-state index contributed by atoms with van der Waals surface area (Å²) in [5.74, 6) is 1.11. The third kappa shape index (κ3) is 2.30. The summed E-state index contributed by atoms with van der Waals surface area (Å²) < 4.78 is 2.16. The van der Waals surface area contributed by atoms with Crippen LogP contribution in [-0.2, 0) is 0 Å². The quantitative estimate of drug-likeness (QED) is 0.748. The number of aromatic nitrogens is 2. The molecule has 0 aliphatic heterocycles.